The predicted octanol–water partition coefficient (Wildman–Crippen LogP) is 4.63. The normalized spacial score (nSPS) is 16.2. The summed E-state index contributed by atoms with van der Waals surface area (Å²) >= 11 is 3.03. The molecule has 1 N–H and O–H groups in total. The van der Waals surface area contributed by atoms with Crippen LogP contribution in [0.5, 0.6) is 0 Å². The van der Waals surface area contributed by atoms with Gasteiger partial charge in [-0.25, -0.2) is 4.79 Å². The van der Waals surface area contributed by atoms with Crippen LogP contribution in [0.4, 0.5) is 5.00 Å². The molecule has 2 aromatic rings. The number of hydrogen-bond acceptors (Lipinski definition) is 5. The lowest BCUT2D eigenvalue weighted by Gasteiger charge is -2.18. The number of rotatable bonds is 4. The van der Waals surface area contributed by atoms with E-state index in [2.05, 4.69) is 12.2 Å². The van der Waals surface area contributed by atoms with Gasteiger partial charge in [-0.1, -0.05) is 19.1 Å². The second-order valence-corrected chi connectivity index (χ2v) is 8.16. The minimum Gasteiger partial charge on any atom is -0.465 e. The van der Waals surface area contributed by atoms with Crippen molar-refractivity contribution < 1.29 is 14.3 Å². The van der Waals surface area contributed by atoms with Crippen LogP contribution in [0, 0.1) is 5.92 Å². The first-order chi connectivity index (χ1) is 12.0. The van der Waals surface area contributed by atoms with E-state index in [0.717, 1.165) is 29.7 Å². The number of amides is 1. The number of benzene rings is 1. The van der Waals surface area contributed by atoms with E-state index in [9.17, 15) is 9.59 Å². The molecule has 0 radical (unpaired) electrons. The fourth-order valence-electron chi connectivity index (χ4n) is 3.16. The number of carbonyl (C=O) groups is 2. The number of fused-ring (bicyclic) bond motifs is 1. The topological polar surface area (TPSA) is 55.4 Å². The molecule has 1 aromatic carbocycles. The number of esters is 1. The molecule has 0 fully saturated rings. The van der Waals surface area contributed by atoms with Gasteiger partial charge < -0.3 is 10.1 Å². The second kappa shape index (κ2) is 7.62. The standard InChI is InChI=1S/C19H21NO3S2/c1-11-8-9-12-15(10-11)25-18(16(12)19(22)23-2)20-17(21)13-6-4-5-7-14(13)24-3/h4-7,11H,8-10H2,1-3H3,(H,20,21). The van der Waals surface area contributed by atoms with Crippen molar-refractivity contribution in [3.63, 3.8) is 0 Å². The molecule has 1 aliphatic carbocycles. The van der Waals surface area contributed by atoms with Gasteiger partial charge in [-0.3, -0.25) is 4.79 Å². The second-order valence-electron chi connectivity index (χ2n) is 6.20. The van der Waals surface area contributed by atoms with Crippen molar-refractivity contribution >= 4 is 40.0 Å². The van der Waals surface area contributed by atoms with Crippen LogP contribution < -0.4 is 5.32 Å². The van der Waals surface area contributed by atoms with Gasteiger partial charge >= 0.3 is 5.97 Å². The number of nitrogens with one attached hydrogen (secondary N) is 1. The van der Waals surface area contributed by atoms with Gasteiger partial charge in [0, 0.05) is 9.77 Å². The molecule has 0 bridgehead atoms. The van der Waals surface area contributed by atoms with Gasteiger partial charge in [0.05, 0.1) is 18.2 Å². The zero-order valence-corrected chi connectivity index (χ0v) is 16.2. The molecule has 0 saturated heterocycles. The van der Waals surface area contributed by atoms with Gasteiger partial charge in [0.2, 0.25) is 0 Å². The van der Waals surface area contributed by atoms with Gasteiger partial charge in [0.25, 0.3) is 5.91 Å². The molecule has 0 saturated carbocycles. The first kappa shape index (κ1) is 18.0. The number of anilines is 1. The molecule has 1 aliphatic rings. The summed E-state index contributed by atoms with van der Waals surface area (Å²) in [5, 5.41) is 3.56. The highest BCUT2D eigenvalue weighted by atomic mass is 32.2. The molecule has 0 aliphatic heterocycles. The maximum absolute atomic E-state index is 12.8. The Bertz CT molecular complexity index is 813. The molecule has 1 heterocycles. The summed E-state index contributed by atoms with van der Waals surface area (Å²) in [6.07, 6.45) is 4.80. The molecule has 1 amide bonds. The molecule has 0 spiro atoms. The summed E-state index contributed by atoms with van der Waals surface area (Å²) in [5.74, 6) is 0.0275. The number of methoxy groups -OCH3 is 1. The Labute approximate surface area is 156 Å². The SMILES string of the molecule is COC(=O)c1c(NC(=O)c2ccccc2SC)sc2c1CCC(C)C2. The summed E-state index contributed by atoms with van der Waals surface area (Å²) in [6, 6.07) is 7.47. The molecule has 4 nitrogen and oxygen atoms in total. The van der Waals surface area contributed by atoms with Crippen LogP contribution in [0.3, 0.4) is 0 Å². The van der Waals surface area contributed by atoms with Crippen molar-refractivity contribution in [2.24, 2.45) is 5.92 Å². The van der Waals surface area contributed by atoms with Crippen molar-refractivity contribution in [2.45, 2.75) is 31.1 Å². The van der Waals surface area contributed by atoms with Crippen molar-refractivity contribution in [3.05, 3.63) is 45.8 Å². The highest BCUT2D eigenvalue weighted by Gasteiger charge is 2.29. The first-order valence-electron chi connectivity index (χ1n) is 8.22. The van der Waals surface area contributed by atoms with E-state index in [-0.39, 0.29) is 11.9 Å². The summed E-state index contributed by atoms with van der Waals surface area (Å²) in [7, 11) is 1.38. The lowest BCUT2D eigenvalue weighted by molar-refractivity contribution is 0.0601. The summed E-state index contributed by atoms with van der Waals surface area (Å²) in [4.78, 5) is 27.2. The van der Waals surface area contributed by atoms with Crippen LogP contribution in [0.15, 0.2) is 29.2 Å². The predicted molar refractivity (Wildman–Crippen MR) is 103 cm³/mol. The molecule has 1 atom stereocenters. The number of thiophene rings is 1. The van der Waals surface area contributed by atoms with E-state index >= 15 is 0 Å². The maximum Gasteiger partial charge on any atom is 0.341 e. The van der Waals surface area contributed by atoms with Crippen LogP contribution >= 0.6 is 23.1 Å². The number of carbonyl (C=O) groups excluding carboxylic acids is 2. The zero-order chi connectivity index (χ0) is 18.0. The largest absolute Gasteiger partial charge is 0.465 e. The van der Waals surface area contributed by atoms with Crippen LogP contribution in [0.25, 0.3) is 0 Å². The minimum atomic E-state index is -0.375. The van der Waals surface area contributed by atoms with E-state index in [1.54, 1.807) is 6.07 Å². The van der Waals surface area contributed by atoms with E-state index in [4.69, 9.17) is 4.74 Å². The van der Waals surface area contributed by atoms with E-state index in [1.165, 1.54) is 35.1 Å². The monoisotopic (exact) mass is 375 g/mol. The lowest BCUT2D eigenvalue weighted by atomic mass is 9.88. The summed E-state index contributed by atoms with van der Waals surface area (Å²) in [5.41, 5.74) is 2.19. The van der Waals surface area contributed by atoms with Gasteiger partial charge in [0.1, 0.15) is 5.00 Å². The Morgan fingerprint density at radius 3 is 2.80 bits per heavy atom. The fraction of sp³-hybridized carbons (Fsp3) is 0.368. The van der Waals surface area contributed by atoms with Gasteiger partial charge in [0.15, 0.2) is 0 Å². The van der Waals surface area contributed by atoms with Gasteiger partial charge in [-0.2, -0.15) is 0 Å². The maximum atomic E-state index is 12.8. The van der Waals surface area contributed by atoms with Crippen LogP contribution in [-0.2, 0) is 17.6 Å². The number of thioether (sulfide) groups is 1. The lowest BCUT2D eigenvalue weighted by Crippen LogP contribution is -2.16. The Morgan fingerprint density at radius 1 is 1.32 bits per heavy atom. The summed E-state index contributed by atoms with van der Waals surface area (Å²) < 4.78 is 4.97. The highest BCUT2D eigenvalue weighted by molar-refractivity contribution is 7.98. The molecule has 132 valence electrons. The molecular weight excluding hydrogens is 354 g/mol. The molecule has 1 unspecified atom stereocenters. The average Bonchev–Trinajstić information content (AvgIpc) is 2.97. The Morgan fingerprint density at radius 2 is 2.08 bits per heavy atom. The van der Waals surface area contributed by atoms with Crippen molar-refractivity contribution in [3.8, 4) is 0 Å². The van der Waals surface area contributed by atoms with Crippen molar-refractivity contribution in [1.82, 2.24) is 0 Å². The molecule has 1 aromatic heterocycles. The fourth-order valence-corrected chi connectivity index (χ4v) is 5.15. The van der Waals surface area contributed by atoms with Crippen LogP contribution in [0.2, 0.25) is 0 Å². The smallest absolute Gasteiger partial charge is 0.341 e. The van der Waals surface area contributed by atoms with E-state index in [0.29, 0.717) is 22.0 Å². The zero-order valence-electron chi connectivity index (χ0n) is 14.5. The van der Waals surface area contributed by atoms with Crippen LogP contribution in [-0.4, -0.2) is 25.2 Å². The third kappa shape index (κ3) is 3.60. The van der Waals surface area contributed by atoms with Gasteiger partial charge in [-0.15, -0.1) is 23.1 Å². The molecule has 25 heavy (non-hydrogen) atoms. The molecule has 6 heteroatoms. The van der Waals surface area contributed by atoms with E-state index in [1.807, 2.05) is 24.5 Å². The van der Waals surface area contributed by atoms with Crippen molar-refractivity contribution in [1.29, 1.82) is 0 Å². The average molecular weight is 376 g/mol. The summed E-state index contributed by atoms with van der Waals surface area (Å²) in [6.45, 7) is 2.22. The Hall–Kier alpha value is -1.79. The molecular formula is C19H21NO3S2. The quantitative estimate of drug-likeness (QED) is 0.625. The Kier molecular flexibility index (Phi) is 5.49. The first-order valence-corrected chi connectivity index (χ1v) is 10.3. The molecule has 3 rings (SSSR count). The minimum absolute atomic E-state index is 0.193. The number of hydrogen-bond donors (Lipinski definition) is 1. The van der Waals surface area contributed by atoms with E-state index < -0.39 is 0 Å². The third-order valence-corrected chi connectivity index (χ3v) is 6.45. The van der Waals surface area contributed by atoms with Crippen molar-refractivity contribution in [2.75, 3.05) is 18.7 Å². The third-order valence-electron chi connectivity index (χ3n) is 4.48. The highest BCUT2D eigenvalue weighted by Crippen LogP contribution is 2.40. The van der Waals surface area contributed by atoms with Crippen LogP contribution in [0.1, 0.15) is 44.5 Å². The number of ether oxygens (including phenoxy) is 1. The Balaban J connectivity index is 1.97. The van der Waals surface area contributed by atoms with Gasteiger partial charge in [-0.05, 0) is 49.1 Å².